The van der Waals surface area contributed by atoms with Gasteiger partial charge in [0.1, 0.15) is 0 Å². The first-order valence-corrected chi connectivity index (χ1v) is 3.99. The third kappa shape index (κ3) is 3.06. The van der Waals surface area contributed by atoms with E-state index in [2.05, 4.69) is 15.3 Å². The molecule has 2 N–H and O–H groups in total. The highest BCUT2D eigenvalue weighted by molar-refractivity contribution is 5.85. The van der Waals surface area contributed by atoms with Crippen molar-refractivity contribution < 1.29 is 4.74 Å². The first kappa shape index (κ1) is 9.44. The molecular weight excluding hydrogens is 168 g/mol. The number of aromatic nitrogens is 2. The Morgan fingerprint density at radius 3 is 3.00 bits per heavy atom. The maximum absolute atomic E-state index is 7.30. The Morgan fingerprint density at radius 1 is 1.62 bits per heavy atom. The Hall–Kier alpha value is -1.65. The summed E-state index contributed by atoms with van der Waals surface area (Å²) in [4.78, 5) is 8.02. The summed E-state index contributed by atoms with van der Waals surface area (Å²) in [6.07, 6.45) is 3.19. The first-order chi connectivity index (χ1) is 6.22. The van der Waals surface area contributed by atoms with Gasteiger partial charge in [-0.1, -0.05) is 0 Å². The van der Waals surface area contributed by atoms with Crippen molar-refractivity contribution >= 4 is 11.8 Å². The molecule has 0 saturated heterocycles. The number of nitrogens with zero attached hydrogens (tertiary/aromatic N) is 2. The minimum atomic E-state index is -0.0117. The SMILES string of the molecule is CCOC(=N)Nc1cncc(C)n1. The predicted molar refractivity (Wildman–Crippen MR) is 49.7 cm³/mol. The molecule has 0 spiro atoms. The van der Waals surface area contributed by atoms with Gasteiger partial charge in [0.15, 0.2) is 5.82 Å². The van der Waals surface area contributed by atoms with Crippen LogP contribution in [0.5, 0.6) is 0 Å². The average molecular weight is 180 g/mol. The zero-order valence-corrected chi connectivity index (χ0v) is 7.66. The van der Waals surface area contributed by atoms with E-state index in [0.717, 1.165) is 5.69 Å². The molecule has 1 heterocycles. The van der Waals surface area contributed by atoms with Gasteiger partial charge in [-0.25, -0.2) is 4.98 Å². The maximum Gasteiger partial charge on any atom is 0.287 e. The highest BCUT2D eigenvalue weighted by Gasteiger charge is 1.98. The molecule has 0 aliphatic rings. The summed E-state index contributed by atoms with van der Waals surface area (Å²) in [6, 6.07) is -0.0117. The smallest absolute Gasteiger partial charge is 0.287 e. The van der Waals surface area contributed by atoms with Crippen molar-refractivity contribution in [2.45, 2.75) is 13.8 Å². The van der Waals surface area contributed by atoms with Gasteiger partial charge < -0.3 is 4.74 Å². The molecule has 0 unspecified atom stereocenters. The van der Waals surface area contributed by atoms with E-state index in [1.54, 1.807) is 12.4 Å². The fourth-order valence-corrected chi connectivity index (χ4v) is 0.820. The van der Waals surface area contributed by atoms with Crippen LogP contribution < -0.4 is 5.32 Å². The fraction of sp³-hybridized carbons (Fsp3) is 0.375. The molecule has 5 heteroatoms. The predicted octanol–water partition coefficient (Wildman–Crippen LogP) is 1.17. The second-order valence-electron chi connectivity index (χ2n) is 2.43. The van der Waals surface area contributed by atoms with E-state index >= 15 is 0 Å². The normalized spacial score (nSPS) is 9.38. The lowest BCUT2D eigenvalue weighted by Crippen LogP contribution is -2.15. The number of rotatable bonds is 2. The fourth-order valence-electron chi connectivity index (χ4n) is 0.820. The van der Waals surface area contributed by atoms with Crippen molar-refractivity contribution in [3.63, 3.8) is 0 Å². The highest BCUT2D eigenvalue weighted by atomic mass is 16.5. The molecule has 1 aromatic rings. The minimum Gasteiger partial charge on any atom is -0.465 e. The standard InChI is InChI=1S/C8H12N4O/c1-3-13-8(9)12-7-5-10-4-6(2)11-7/h4-5H,3H2,1-2H3,(H2,9,11,12). The third-order valence-corrected chi connectivity index (χ3v) is 1.29. The lowest BCUT2D eigenvalue weighted by atomic mass is 10.5. The Balaban J connectivity index is 2.58. The molecule has 0 aliphatic heterocycles. The summed E-state index contributed by atoms with van der Waals surface area (Å²) < 4.78 is 4.89. The summed E-state index contributed by atoms with van der Waals surface area (Å²) in [5.41, 5.74) is 0.800. The van der Waals surface area contributed by atoms with E-state index in [1.165, 1.54) is 0 Å². The lowest BCUT2D eigenvalue weighted by molar-refractivity contribution is 0.323. The zero-order valence-electron chi connectivity index (χ0n) is 7.66. The van der Waals surface area contributed by atoms with Gasteiger partial charge in [0.25, 0.3) is 6.02 Å². The van der Waals surface area contributed by atoms with Crippen molar-refractivity contribution in [3.05, 3.63) is 18.1 Å². The molecule has 1 rings (SSSR count). The van der Waals surface area contributed by atoms with Crippen LogP contribution >= 0.6 is 0 Å². The molecule has 70 valence electrons. The van der Waals surface area contributed by atoms with Crippen molar-refractivity contribution in [3.8, 4) is 0 Å². The molecule has 0 aliphatic carbocycles. The van der Waals surface area contributed by atoms with E-state index in [0.29, 0.717) is 12.4 Å². The number of anilines is 1. The van der Waals surface area contributed by atoms with Crippen LogP contribution in [-0.4, -0.2) is 22.6 Å². The molecule has 0 atom stereocenters. The Bertz CT molecular complexity index is 300. The Labute approximate surface area is 76.7 Å². The van der Waals surface area contributed by atoms with Crippen LogP contribution in [0.4, 0.5) is 5.82 Å². The molecule has 0 fully saturated rings. The summed E-state index contributed by atoms with van der Waals surface area (Å²) in [6.45, 7) is 4.12. The quantitative estimate of drug-likeness (QED) is 0.529. The number of ether oxygens (including phenoxy) is 1. The Kier molecular flexibility index (Phi) is 3.19. The molecule has 0 amide bonds. The minimum absolute atomic E-state index is 0.0117. The highest BCUT2D eigenvalue weighted by Crippen LogP contribution is 2.00. The van der Waals surface area contributed by atoms with E-state index in [9.17, 15) is 0 Å². The summed E-state index contributed by atoms with van der Waals surface area (Å²) in [7, 11) is 0. The molecule has 0 bridgehead atoms. The van der Waals surface area contributed by atoms with Crippen molar-refractivity contribution in [1.29, 1.82) is 5.41 Å². The van der Waals surface area contributed by atoms with Gasteiger partial charge in [-0.05, 0) is 13.8 Å². The van der Waals surface area contributed by atoms with Gasteiger partial charge in [-0.15, -0.1) is 0 Å². The van der Waals surface area contributed by atoms with Crippen LogP contribution in [0.25, 0.3) is 0 Å². The number of hydrogen-bond donors (Lipinski definition) is 2. The van der Waals surface area contributed by atoms with Crippen molar-refractivity contribution in [2.24, 2.45) is 0 Å². The van der Waals surface area contributed by atoms with Crippen LogP contribution in [-0.2, 0) is 4.74 Å². The van der Waals surface area contributed by atoms with Crippen molar-refractivity contribution in [2.75, 3.05) is 11.9 Å². The number of hydrogen-bond acceptors (Lipinski definition) is 4. The molecule has 0 aromatic carbocycles. The van der Waals surface area contributed by atoms with E-state index < -0.39 is 0 Å². The summed E-state index contributed by atoms with van der Waals surface area (Å²) >= 11 is 0. The summed E-state index contributed by atoms with van der Waals surface area (Å²) in [5, 5.41) is 9.97. The largest absolute Gasteiger partial charge is 0.465 e. The van der Waals surface area contributed by atoms with Gasteiger partial charge in [0, 0.05) is 6.20 Å². The van der Waals surface area contributed by atoms with Gasteiger partial charge in [-0.3, -0.25) is 15.7 Å². The number of amidine groups is 1. The second kappa shape index (κ2) is 4.39. The van der Waals surface area contributed by atoms with E-state index in [4.69, 9.17) is 10.1 Å². The molecule has 5 nitrogen and oxygen atoms in total. The molecular formula is C8H12N4O. The number of nitrogens with one attached hydrogen (secondary N) is 2. The maximum atomic E-state index is 7.30. The van der Waals surface area contributed by atoms with Crippen molar-refractivity contribution in [1.82, 2.24) is 9.97 Å². The molecule has 0 radical (unpaired) electrons. The van der Waals surface area contributed by atoms with E-state index in [-0.39, 0.29) is 6.02 Å². The van der Waals surface area contributed by atoms with Gasteiger partial charge in [0.05, 0.1) is 18.5 Å². The third-order valence-electron chi connectivity index (χ3n) is 1.29. The van der Waals surface area contributed by atoms with Crippen LogP contribution in [0.3, 0.4) is 0 Å². The second-order valence-corrected chi connectivity index (χ2v) is 2.43. The Morgan fingerprint density at radius 2 is 2.38 bits per heavy atom. The van der Waals surface area contributed by atoms with Gasteiger partial charge >= 0.3 is 0 Å². The summed E-state index contributed by atoms with van der Waals surface area (Å²) in [5.74, 6) is 0.526. The monoisotopic (exact) mass is 180 g/mol. The lowest BCUT2D eigenvalue weighted by Gasteiger charge is -2.06. The van der Waals surface area contributed by atoms with Crippen LogP contribution in [0.1, 0.15) is 12.6 Å². The van der Waals surface area contributed by atoms with Crippen LogP contribution in [0, 0.1) is 12.3 Å². The van der Waals surface area contributed by atoms with Gasteiger partial charge in [-0.2, -0.15) is 0 Å². The molecule has 13 heavy (non-hydrogen) atoms. The van der Waals surface area contributed by atoms with Crippen LogP contribution in [0.15, 0.2) is 12.4 Å². The zero-order chi connectivity index (χ0) is 9.68. The average Bonchev–Trinajstić information content (AvgIpc) is 2.04. The molecule has 0 saturated carbocycles. The first-order valence-electron chi connectivity index (χ1n) is 3.99. The van der Waals surface area contributed by atoms with Crippen LogP contribution in [0.2, 0.25) is 0 Å². The topological polar surface area (TPSA) is 70.9 Å². The molecule has 1 aromatic heterocycles. The van der Waals surface area contributed by atoms with Gasteiger partial charge in [0.2, 0.25) is 0 Å². The number of aryl methyl sites for hydroxylation is 1. The van der Waals surface area contributed by atoms with E-state index in [1.807, 2.05) is 13.8 Å².